The van der Waals surface area contributed by atoms with E-state index in [9.17, 15) is 9.59 Å². The highest BCUT2D eigenvalue weighted by Gasteiger charge is 2.42. The molecule has 1 aromatic heterocycles. The molecule has 8 heteroatoms. The number of carbonyl (C=O) groups excluding carboxylic acids is 2. The van der Waals surface area contributed by atoms with E-state index in [1.807, 2.05) is 32.0 Å². The van der Waals surface area contributed by atoms with Crippen LogP contribution in [0.4, 0.5) is 5.13 Å². The fraction of sp³-hybridized carbons (Fsp3) is 0.381. The van der Waals surface area contributed by atoms with Gasteiger partial charge in [0.15, 0.2) is 10.9 Å². The lowest BCUT2D eigenvalue weighted by Crippen LogP contribution is -2.46. The van der Waals surface area contributed by atoms with Crippen molar-refractivity contribution in [1.29, 1.82) is 0 Å². The molecule has 1 unspecified atom stereocenters. The van der Waals surface area contributed by atoms with Crippen LogP contribution in [0.15, 0.2) is 41.1 Å². The van der Waals surface area contributed by atoms with Crippen molar-refractivity contribution in [2.45, 2.75) is 32.7 Å². The van der Waals surface area contributed by atoms with Crippen LogP contribution in [-0.2, 0) is 16.0 Å². The fourth-order valence-corrected chi connectivity index (χ4v) is 4.29. The third-order valence-corrected chi connectivity index (χ3v) is 5.77. The average Bonchev–Trinajstić information content (AvgIpc) is 3.32. The Hall–Kier alpha value is -2.87. The Morgan fingerprint density at radius 3 is 2.93 bits per heavy atom. The predicted molar refractivity (Wildman–Crippen MR) is 110 cm³/mol. The summed E-state index contributed by atoms with van der Waals surface area (Å²) in [5.74, 6) is 1.48. The predicted octanol–water partition coefficient (Wildman–Crippen LogP) is 3.24. The van der Waals surface area contributed by atoms with Gasteiger partial charge in [0.1, 0.15) is 17.5 Å². The Kier molecular flexibility index (Phi) is 5.27. The van der Waals surface area contributed by atoms with E-state index in [0.717, 1.165) is 16.9 Å². The molecule has 0 fully saturated rings. The maximum Gasteiger partial charge on any atom is 0.290 e. The number of anilines is 1. The van der Waals surface area contributed by atoms with Gasteiger partial charge in [0.25, 0.3) is 5.91 Å². The van der Waals surface area contributed by atoms with Gasteiger partial charge in [-0.2, -0.15) is 0 Å². The minimum absolute atomic E-state index is 0.225. The third-order valence-electron chi connectivity index (χ3n) is 5.09. The first-order chi connectivity index (χ1) is 14.0. The zero-order valence-corrected chi connectivity index (χ0v) is 17.4. The van der Waals surface area contributed by atoms with Crippen molar-refractivity contribution in [3.63, 3.8) is 0 Å². The Labute approximate surface area is 173 Å². The first-order valence-electron chi connectivity index (χ1n) is 9.55. The number of carbonyl (C=O) groups is 2. The SMILES string of the molecule is COc1cccc2c1CC1=C(O2)C(=O)N(C(CC(C)C)C(=O)Nc2nccs2)C1. The monoisotopic (exact) mass is 413 g/mol. The van der Waals surface area contributed by atoms with E-state index in [1.165, 1.54) is 11.3 Å². The molecule has 1 atom stereocenters. The number of amides is 2. The number of rotatable bonds is 6. The van der Waals surface area contributed by atoms with Crippen molar-refractivity contribution in [2.75, 3.05) is 19.0 Å². The van der Waals surface area contributed by atoms with Crippen molar-refractivity contribution < 1.29 is 19.1 Å². The molecule has 2 aliphatic rings. The summed E-state index contributed by atoms with van der Waals surface area (Å²) in [5.41, 5.74) is 1.80. The van der Waals surface area contributed by atoms with Crippen LogP contribution in [0.1, 0.15) is 25.8 Å². The lowest BCUT2D eigenvalue weighted by atomic mass is 10.00. The first-order valence-corrected chi connectivity index (χ1v) is 10.4. The number of fused-ring (bicyclic) bond motifs is 1. The summed E-state index contributed by atoms with van der Waals surface area (Å²) >= 11 is 1.35. The summed E-state index contributed by atoms with van der Waals surface area (Å²) in [6.07, 6.45) is 2.76. The molecule has 2 aromatic rings. The molecule has 0 saturated carbocycles. The molecule has 4 rings (SSSR count). The van der Waals surface area contributed by atoms with Crippen molar-refractivity contribution in [3.05, 3.63) is 46.7 Å². The van der Waals surface area contributed by atoms with Crippen LogP contribution in [0.2, 0.25) is 0 Å². The molecule has 29 heavy (non-hydrogen) atoms. The normalized spacial score (nSPS) is 16.4. The minimum atomic E-state index is -0.592. The molecule has 152 valence electrons. The van der Waals surface area contributed by atoms with E-state index in [0.29, 0.717) is 36.0 Å². The maximum absolute atomic E-state index is 13.2. The summed E-state index contributed by atoms with van der Waals surface area (Å²) in [6.45, 7) is 4.44. The second kappa shape index (κ2) is 7.87. The summed E-state index contributed by atoms with van der Waals surface area (Å²) in [7, 11) is 1.62. The molecular weight excluding hydrogens is 390 g/mol. The van der Waals surface area contributed by atoms with Crippen LogP contribution in [0.3, 0.4) is 0 Å². The second-order valence-electron chi connectivity index (χ2n) is 7.55. The zero-order valence-electron chi connectivity index (χ0n) is 16.6. The van der Waals surface area contributed by atoms with Gasteiger partial charge in [-0.05, 0) is 24.5 Å². The lowest BCUT2D eigenvalue weighted by Gasteiger charge is -2.28. The third kappa shape index (κ3) is 3.72. The van der Waals surface area contributed by atoms with Gasteiger partial charge in [0, 0.05) is 35.7 Å². The number of nitrogens with one attached hydrogen (secondary N) is 1. The maximum atomic E-state index is 13.2. The van der Waals surface area contributed by atoms with Gasteiger partial charge in [0.2, 0.25) is 5.91 Å². The van der Waals surface area contributed by atoms with Crippen LogP contribution in [0.5, 0.6) is 11.5 Å². The number of ether oxygens (including phenoxy) is 2. The molecule has 2 amide bonds. The molecule has 1 N–H and O–H groups in total. The van der Waals surface area contributed by atoms with Crippen LogP contribution >= 0.6 is 11.3 Å². The average molecular weight is 413 g/mol. The number of nitrogens with zero attached hydrogens (tertiary/aromatic N) is 2. The Morgan fingerprint density at radius 2 is 2.24 bits per heavy atom. The standard InChI is InChI=1S/C21H23N3O4S/c1-12(2)9-15(19(25)23-21-22-7-8-29-21)24-11-13-10-14-16(27-3)5-4-6-17(14)28-18(13)20(24)26/h4-8,12,15H,9-11H2,1-3H3,(H,22,23,25). The molecule has 0 spiro atoms. The highest BCUT2D eigenvalue weighted by Crippen LogP contribution is 2.40. The molecule has 7 nitrogen and oxygen atoms in total. The molecule has 0 saturated heterocycles. The highest BCUT2D eigenvalue weighted by molar-refractivity contribution is 7.13. The van der Waals surface area contributed by atoms with Gasteiger partial charge in [-0.25, -0.2) is 4.98 Å². The van der Waals surface area contributed by atoms with Crippen molar-refractivity contribution in [3.8, 4) is 11.5 Å². The Balaban J connectivity index is 1.57. The first kappa shape index (κ1) is 19.4. The van der Waals surface area contributed by atoms with Crippen molar-refractivity contribution in [2.24, 2.45) is 5.92 Å². The smallest absolute Gasteiger partial charge is 0.290 e. The second-order valence-corrected chi connectivity index (χ2v) is 8.45. The number of benzene rings is 1. The molecule has 2 aliphatic heterocycles. The Bertz CT molecular complexity index is 968. The molecule has 0 aliphatic carbocycles. The minimum Gasteiger partial charge on any atom is -0.496 e. The fourth-order valence-electron chi connectivity index (χ4n) is 3.76. The molecular formula is C21H23N3O4S. The molecule has 0 bridgehead atoms. The highest BCUT2D eigenvalue weighted by atomic mass is 32.1. The van der Waals surface area contributed by atoms with Crippen LogP contribution in [0.25, 0.3) is 0 Å². The topological polar surface area (TPSA) is 80.8 Å². The van der Waals surface area contributed by atoms with Gasteiger partial charge < -0.3 is 19.7 Å². The van der Waals surface area contributed by atoms with Crippen molar-refractivity contribution in [1.82, 2.24) is 9.88 Å². The van der Waals surface area contributed by atoms with Gasteiger partial charge >= 0.3 is 0 Å². The number of methoxy groups -OCH3 is 1. The van der Waals surface area contributed by atoms with E-state index >= 15 is 0 Å². The zero-order chi connectivity index (χ0) is 20.5. The van der Waals surface area contributed by atoms with E-state index in [1.54, 1.807) is 23.6 Å². The number of aromatic nitrogens is 1. The number of hydrogen-bond donors (Lipinski definition) is 1. The van der Waals surface area contributed by atoms with E-state index in [-0.39, 0.29) is 17.7 Å². The van der Waals surface area contributed by atoms with Crippen LogP contribution < -0.4 is 14.8 Å². The van der Waals surface area contributed by atoms with Gasteiger partial charge in [-0.3, -0.25) is 9.59 Å². The van der Waals surface area contributed by atoms with Crippen molar-refractivity contribution >= 4 is 28.3 Å². The molecule has 3 heterocycles. The van der Waals surface area contributed by atoms with Gasteiger partial charge in [-0.1, -0.05) is 19.9 Å². The van der Waals surface area contributed by atoms with Gasteiger partial charge in [-0.15, -0.1) is 11.3 Å². The largest absolute Gasteiger partial charge is 0.496 e. The summed E-state index contributed by atoms with van der Waals surface area (Å²) < 4.78 is 11.4. The van der Waals surface area contributed by atoms with E-state index < -0.39 is 6.04 Å². The number of thiazole rings is 1. The lowest BCUT2D eigenvalue weighted by molar-refractivity contribution is -0.135. The number of hydrogen-bond acceptors (Lipinski definition) is 6. The quantitative estimate of drug-likeness (QED) is 0.786. The molecule has 0 radical (unpaired) electrons. The Morgan fingerprint density at radius 1 is 1.41 bits per heavy atom. The van der Waals surface area contributed by atoms with Crippen LogP contribution in [0, 0.1) is 5.92 Å². The van der Waals surface area contributed by atoms with E-state index in [4.69, 9.17) is 9.47 Å². The van der Waals surface area contributed by atoms with Gasteiger partial charge in [0.05, 0.1) is 7.11 Å². The summed E-state index contributed by atoms with van der Waals surface area (Å²) in [4.78, 5) is 31.9. The summed E-state index contributed by atoms with van der Waals surface area (Å²) in [6, 6.07) is 4.96. The van der Waals surface area contributed by atoms with E-state index in [2.05, 4.69) is 10.3 Å². The van der Waals surface area contributed by atoms with Crippen LogP contribution in [-0.4, -0.2) is 41.4 Å². The molecule has 1 aromatic carbocycles. The summed E-state index contributed by atoms with van der Waals surface area (Å²) in [5, 5.41) is 5.16.